The van der Waals surface area contributed by atoms with Crippen LogP contribution >= 0.6 is 0 Å². The highest BCUT2D eigenvalue weighted by Gasteiger charge is 2.26. The van der Waals surface area contributed by atoms with E-state index in [0.717, 1.165) is 25.4 Å². The molecule has 2 nitrogen and oxygen atoms in total. The van der Waals surface area contributed by atoms with Crippen LogP contribution in [0.2, 0.25) is 0 Å². The van der Waals surface area contributed by atoms with Crippen LogP contribution in [0.25, 0.3) is 0 Å². The number of hydrogen-bond acceptors (Lipinski definition) is 2. The predicted octanol–water partition coefficient (Wildman–Crippen LogP) is 3.89. The Morgan fingerprint density at radius 3 is 2.44 bits per heavy atom. The average molecular weight is 226 g/mol. The van der Waals surface area contributed by atoms with Gasteiger partial charge in [0.15, 0.2) is 6.29 Å². The second-order valence-electron chi connectivity index (χ2n) is 5.28. The van der Waals surface area contributed by atoms with Crippen LogP contribution in [-0.4, -0.2) is 19.0 Å². The molecule has 0 aromatic heterocycles. The van der Waals surface area contributed by atoms with Gasteiger partial charge in [0.05, 0.1) is 6.10 Å². The fraction of sp³-hybridized carbons (Fsp3) is 1.00. The van der Waals surface area contributed by atoms with Gasteiger partial charge in [0, 0.05) is 6.61 Å². The molecule has 1 heterocycles. The minimum absolute atomic E-state index is 0.0978. The van der Waals surface area contributed by atoms with Gasteiger partial charge in [0.2, 0.25) is 0 Å². The van der Waals surface area contributed by atoms with Crippen LogP contribution < -0.4 is 0 Å². The highest BCUT2D eigenvalue weighted by molar-refractivity contribution is 4.74. The Morgan fingerprint density at radius 2 is 1.81 bits per heavy atom. The van der Waals surface area contributed by atoms with E-state index in [1.165, 1.54) is 44.9 Å². The molecule has 0 radical (unpaired) electrons. The molecule has 0 bridgehead atoms. The highest BCUT2D eigenvalue weighted by atomic mass is 16.7. The molecule has 94 valence electrons. The van der Waals surface area contributed by atoms with Gasteiger partial charge in [-0.05, 0) is 44.4 Å². The first-order chi connectivity index (χ1) is 7.90. The average Bonchev–Trinajstić information content (AvgIpc) is 2.38. The minimum atomic E-state index is 0.0978. The third-order valence-corrected chi connectivity index (χ3v) is 4.04. The smallest absolute Gasteiger partial charge is 0.157 e. The van der Waals surface area contributed by atoms with E-state index in [-0.39, 0.29) is 6.29 Å². The lowest BCUT2D eigenvalue weighted by molar-refractivity contribution is -0.200. The lowest BCUT2D eigenvalue weighted by Gasteiger charge is -2.33. The Bertz CT molecular complexity index is 181. The van der Waals surface area contributed by atoms with Crippen molar-refractivity contribution in [3.05, 3.63) is 0 Å². The fourth-order valence-corrected chi connectivity index (χ4v) is 3.06. The zero-order valence-corrected chi connectivity index (χ0v) is 10.6. The monoisotopic (exact) mass is 226 g/mol. The molecular formula is C14H26O2. The quantitative estimate of drug-likeness (QED) is 0.724. The van der Waals surface area contributed by atoms with Crippen molar-refractivity contribution in [2.24, 2.45) is 5.92 Å². The maximum absolute atomic E-state index is 6.16. The lowest BCUT2D eigenvalue weighted by Crippen LogP contribution is -2.33. The van der Waals surface area contributed by atoms with Crippen molar-refractivity contribution in [1.29, 1.82) is 0 Å². The topological polar surface area (TPSA) is 18.5 Å². The fourth-order valence-electron chi connectivity index (χ4n) is 3.06. The third kappa shape index (κ3) is 3.46. The van der Waals surface area contributed by atoms with Gasteiger partial charge in [-0.1, -0.05) is 26.2 Å². The predicted molar refractivity (Wildman–Crippen MR) is 65.3 cm³/mol. The van der Waals surface area contributed by atoms with Crippen molar-refractivity contribution in [3.63, 3.8) is 0 Å². The summed E-state index contributed by atoms with van der Waals surface area (Å²) in [6.07, 6.45) is 12.2. The van der Waals surface area contributed by atoms with Crippen LogP contribution in [-0.2, 0) is 9.47 Å². The van der Waals surface area contributed by atoms with E-state index in [4.69, 9.17) is 9.47 Å². The first kappa shape index (κ1) is 12.4. The molecule has 0 spiro atoms. The van der Waals surface area contributed by atoms with E-state index in [0.29, 0.717) is 6.10 Å². The van der Waals surface area contributed by atoms with Gasteiger partial charge in [-0.2, -0.15) is 0 Å². The molecular weight excluding hydrogens is 200 g/mol. The van der Waals surface area contributed by atoms with E-state index in [2.05, 4.69) is 6.92 Å². The van der Waals surface area contributed by atoms with Crippen molar-refractivity contribution in [2.75, 3.05) is 6.61 Å². The summed E-state index contributed by atoms with van der Waals surface area (Å²) in [5, 5.41) is 0. The van der Waals surface area contributed by atoms with Crippen LogP contribution in [0.3, 0.4) is 0 Å². The van der Waals surface area contributed by atoms with Gasteiger partial charge in [-0.3, -0.25) is 0 Å². The summed E-state index contributed by atoms with van der Waals surface area (Å²) in [6, 6.07) is 0. The first-order valence-corrected chi connectivity index (χ1v) is 7.17. The summed E-state index contributed by atoms with van der Waals surface area (Å²) in [4.78, 5) is 0. The largest absolute Gasteiger partial charge is 0.353 e. The van der Waals surface area contributed by atoms with Gasteiger partial charge < -0.3 is 9.47 Å². The van der Waals surface area contributed by atoms with Gasteiger partial charge >= 0.3 is 0 Å². The second kappa shape index (κ2) is 6.61. The molecule has 2 fully saturated rings. The zero-order valence-electron chi connectivity index (χ0n) is 10.6. The molecule has 0 aromatic rings. The Labute approximate surface area is 99.7 Å². The van der Waals surface area contributed by atoms with Crippen molar-refractivity contribution >= 4 is 0 Å². The van der Waals surface area contributed by atoms with Crippen molar-refractivity contribution < 1.29 is 9.47 Å². The molecule has 2 heteroatoms. The highest BCUT2D eigenvalue weighted by Crippen LogP contribution is 2.31. The van der Waals surface area contributed by atoms with E-state index in [9.17, 15) is 0 Å². The normalized spacial score (nSPS) is 30.2. The third-order valence-electron chi connectivity index (χ3n) is 4.04. The first-order valence-electron chi connectivity index (χ1n) is 7.17. The molecule has 16 heavy (non-hydrogen) atoms. The molecule has 2 aliphatic rings. The van der Waals surface area contributed by atoms with Gasteiger partial charge in [0.25, 0.3) is 0 Å². The van der Waals surface area contributed by atoms with Crippen molar-refractivity contribution in [3.8, 4) is 0 Å². The van der Waals surface area contributed by atoms with Crippen molar-refractivity contribution in [2.45, 2.75) is 77.1 Å². The molecule has 1 saturated carbocycles. The van der Waals surface area contributed by atoms with Gasteiger partial charge in [-0.25, -0.2) is 0 Å². The van der Waals surface area contributed by atoms with Crippen LogP contribution in [0.15, 0.2) is 0 Å². The standard InChI is InChI=1S/C14H26O2/c1-2-13(12-8-4-3-5-9-12)16-14-10-6-7-11-15-14/h12-14H,2-11H2,1H3. The summed E-state index contributed by atoms with van der Waals surface area (Å²) >= 11 is 0. The molecule has 0 amide bonds. The zero-order chi connectivity index (χ0) is 11.2. The number of hydrogen-bond donors (Lipinski definition) is 0. The summed E-state index contributed by atoms with van der Waals surface area (Å²) in [7, 11) is 0. The molecule has 2 unspecified atom stereocenters. The summed E-state index contributed by atoms with van der Waals surface area (Å²) in [5.41, 5.74) is 0. The maximum Gasteiger partial charge on any atom is 0.157 e. The molecule has 0 N–H and O–H groups in total. The molecule has 1 aliphatic heterocycles. The summed E-state index contributed by atoms with van der Waals surface area (Å²) in [5.74, 6) is 0.796. The molecule has 1 saturated heterocycles. The lowest BCUT2D eigenvalue weighted by atomic mass is 9.84. The van der Waals surface area contributed by atoms with Crippen LogP contribution in [0.5, 0.6) is 0 Å². The maximum atomic E-state index is 6.16. The minimum Gasteiger partial charge on any atom is -0.353 e. The summed E-state index contributed by atoms with van der Waals surface area (Å²) < 4.78 is 11.8. The Hall–Kier alpha value is -0.0800. The molecule has 0 aromatic carbocycles. The number of ether oxygens (including phenoxy) is 2. The Balaban J connectivity index is 1.78. The number of rotatable bonds is 4. The molecule has 2 atom stereocenters. The van der Waals surface area contributed by atoms with Crippen LogP contribution in [0, 0.1) is 5.92 Å². The van der Waals surface area contributed by atoms with Crippen molar-refractivity contribution in [1.82, 2.24) is 0 Å². The van der Waals surface area contributed by atoms with E-state index < -0.39 is 0 Å². The molecule has 2 rings (SSSR count). The van der Waals surface area contributed by atoms with Gasteiger partial charge in [0.1, 0.15) is 0 Å². The summed E-state index contributed by atoms with van der Waals surface area (Å²) in [6.45, 7) is 3.15. The van der Waals surface area contributed by atoms with E-state index in [1.807, 2.05) is 0 Å². The SMILES string of the molecule is CCC(OC1CCCCO1)C1CCCCC1. The Kier molecular flexibility index (Phi) is 5.11. The van der Waals surface area contributed by atoms with Gasteiger partial charge in [-0.15, -0.1) is 0 Å². The Morgan fingerprint density at radius 1 is 1.06 bits per heavy atom. The van der Waals surface area contributed by atoms with Crippen LogP contribution in [0.1, 0.15) is 64.7 Å². The van der Waals surface area contributed by atoms with E-state index in [1.54, 1.807) is 0 Å². The molecule has 1 aliphatic carbocycles. The second-order valence-corrected chi connectivity index (χ2v) is 5.28. The van der Waals surface area contributed by atoms with Crippen LogP contribution in [0.4, 0.5) is 0 Å². The van der Waals surface area contributed by atoms with E-state index >= 15 is 0 Å².